The second kappa shape index (κ2) is 5.59. The minimum atomic E-state index is -0.760. The molecule has 0 heterocycles. The van der Waals surface area contributed by atoms with E-state index in [1.807, 2.05) is 0 Å². The predicted molar refractivity (Wildman–Crippen MR) is 73.2 cm³/mol. The first-order valence-electron chi connectivity index (χ1n) is 5.37. The number of esters is 1. The molecule has 0 N–H and O–H groups in total. The van der Waals surface area contributed by atoms with Gasteiger partial charge < -0.3 is 4.74 Å². The second-order valence-corrected chi connectivity index (χ2v) is 4.54. The number of ether oxygens (including phenoxy) is 1. The maximum Gasteiger partial charge on any atom is 0.341 e. The summed E-state index contributed by atoms with van der Waals surface area (Å²) in [5.74, 6) is -1.43. The number of carbonyl (C=O) groups is 1. The van der Waals surface area contributed by atoms with E-state index in [1.54, 1.807) is 24.3 Å². The van der Waals surface area contributed by atoms with Crippen molar-refractivity contribution in [2.45, 2.75) is 0 Å². The molecule has 19 heavy (non-hydrogen) atoms. The Morgan fingerprint density at radius 1 is 1.11 bits per heavy atom. The fraction of sp³-hybridized carbons (Fsp3) is 0.0714. The summed E-state index contributed by atoms with van der Waals surface area (Å²) in [7, 11) is 1.19. The van der Waals surface area contributed by atoms with Crippen LogP contribution in [-0.2, 0) is 4.74 Å². The number of rotatable bonds is 2. The van der Waals surface area contributed by atoms with Crippen molar-refractivity contribution in [2.24, 2.45) is 0 Å². The van der Waals surface area contributed by atoms with Gasteiger partial charge in [0.05, 0.1) is 17.2 Å². The van der Waals surface area contributed by atoms with Crippen LogP contribution in [0.5, 0.6) is 0 Å². The summed E-state index contributed by atoms with van der Waals surface area (Å²) < 4.78 is 18.4. The van der Waals surface area contributed by atoms with Crippen molar-refractivity contribution in [2.75, 3.05) is 7.11 Å². The molecule has 0 radical (unpaired) electrons. The van der Waals surface area contributed by atoms with Crippen LogP contribution in [0.15, 0.2) is 36.4 Å². The third-order valence-electron chi connectivity index (χ3n) is 2.64. The van der Waals surface area contributed by atoms with Gasteiger partial charge in [-0.05, 0) is 12.1 Å². The number of methoxy groups -OCH3 is 1. The zero-order valence-corrected chi connectivity index (χ0v) is 11.4. The Labute approximate surface area is 119 Å². The number of hydrogen-bond donors (Lipinski definition) is 0. The molecule has 98 valence electrons. The largest absolute Gasteiger partial charge is 0.465 e. The molecule has 0 amide bonds. The first kappa shape index (κ1) is 13.8. The van der Waals surface area contributed by atoms with Crippen LogP contribution in [0.25, 0.3) is 11.1 Å². The molecule has 2 rings (SSSR count). The summed E-state index contributed by atoms with van der Waals surface area (Å²) >= 11 is 12.0. The minimum Gasteiger partial charge on any atom is -0.465 e. The number of benzene rings is 2. The third kappa shape index (κ3) is 2.57. The fourth-order valence-electron chi connectivity index (χ4n) is 1.77. The second-order valence-electron chi connectivity index (χ2n) is 3.76. The summed E-state index contributed by atoms with van der Waals surface area (Å²) in [6.07, 6.45) is 0. The fourth-order valence-corrected chi connectivity index (χ4v) is 2.17. The van der Waals surface area contributed by atoms with Crippen molar-refractivity contribution >= 4 is 29.2 Å². The van der Waals surface area contributed by atoms with Gasteiger partial charge in [-0.25, -0.2) is 9.18 Å². The van der Waals surface area contributed by atoms with Gasteiger partial charge in [-0.15, -0.1) is 0 Å². The van der Waals surface area contributed by atoms with Gasteiger partial charge >= 0.3 is 5.97 Å². The molecule has 0 saturated heterocycles. The van der Waals surface area contributed by atoms with Gasteiger partial charge in [0.1, 0.15) is 11.4 Å². The zero-order valence-electron chi connectivity index (χ0n) is 9.91. The molecule has 0 aliphatic rings. The molecule has 5 heteroatoms. The van der Waals surface area contributed by atoms with Gasteiger partial charge in [0.2, 0.25) is 0 Å². The van der Waals surface area contributed by atoms with Gasteiger partial charge in [-0.3, -0.25) is 0 Å². The molecule has 2 nitrogen and oxygen atoms in total. The van der Waals surface area contributed by atoms with Crippen LogP contribution in [0, 0.1) is 5.82 Å². The van der Waals surface area contributed by atoms with Gasteiger partial charge in [-0.2, -0.15) is 0 Å². The average molecular weight is 299 g/mol. The van der Waals surface area contributed by atoms with E-state index in [9.17, 15) is 9.18 Å². The number of halogens is 3. The molecule has 0 aromatic heterocycles. The Morgan fingerprint density at radius 2 is 1.74 bits per heavy atom. The molecular formula is C14H9Cl2FO2. The first-order valence-corrected chi connectivity index (χ1v) is 6.13. The van der Waals surface area contributed by atoms with Crippen molar-refractivity contribution in [1.82, 2.24) is 0 Å². The molecule has 0 fully saturated rings. The van der Waals surface area contributed by atoms with Crippen LogP contribution >= 0.6 is 23.2 Å². The molecule has 0 atom stereocenters. The smallest absolute Gasteiger partial charge is 0.341 e. The lowest BCUT2D eigenvalue weighted by Crippen LogP contribution is -2.06. The lowest BCUT2D eigenvalue weighted by Gasteiger charge is -2.11. The number of carbonyl (C=O) groups excluding carboxylic acids is 1. The van der Waals surface area contributed by atoms with Crippen molar-refractivity contribution in [3.63, 3.8) is 0 Å². The summed E-state index contributed by atoms with van der Waals surface area (Å²) in [6.45, 7) is 0. The Morgan fingerprint density at radius 3 is 2.42 bits per heavy atom. The van der Waals surface area contributed by atoms with Gasteiger partial charge in [0.15, 0.2) is 0 Å². The van der Waals surface area contributed by atoms with E-state index in [0.717, 1.165) is 0 Å². The van der Waals surface area contributed by atoms with Crippen LogP contribution in [0.4, 0.5) is 4.39 Å². The lowest BCUT2D eigenvalue weighted by molar-refractivity contribution is 0.0596. The maximum absolute atomic E-state index is 13.8. The molecule has 2 aromatic rings. The monoisotopic (exact) mass is 298 g/mol. The quantitative estimate of drug-likeness (QED) is 0.758. The molecular weight excluding hydrogens is 290 g/mol. The topological polar surface area (TPSA) is 26.3 Å². The van der Waals surface area contributed by atoms with E-state index in [2.05, 4.69) is 4.74 Å². The SMILES string of the molecule is COC(=O)c1c(F)cccc1-c1cccc(Cl)c1Cl. The third-order valence-corrected chi connectivity index (χ3v) is 3.46. The van der Waals surface area contributed by atoms with Crippen LogP contribution in [0.2, 0.25) is 10.0 Å². The zero-order chi connectivity index (χ0) is 14.0. The van der Waals surface area contributed by atoms with E-state index in [-0.39, 0.29) is 10.6 Å². The maximum atomic E-state index is 13.8. The molecule has 0 saturated carbocycles. The summed E-state index contributed by atoms with van der Waals surface area (Å²) in [5, 5.41) is 0.596. The van der Waals surface area contributed by atoms with E-state index < -0.39 is 11.8 Å². The van der Waals surface area contributed by atoms with Gasteiger partial charge in [-0.1, -0.05) is 47.5 Å². The highest BCUT2D eigenvalue weighted by Gasteiger charge is 2.20. The van der Waals surface area contributed by atoms with Crippen LogP contribution < -0.4 is 0 Å². The highest BCUT2D eigenvalue weighted by molar-refractivity contribution is 6.43. The normalized spacial score (nSPS) is 10.3. The highest BCUT2D eigenvalue weighted by atomic mass is 35.5. The molecule has 0 aliphatic heterocycles. The predicted octanol–water partition coefficient (Wildman–Crippen LogP) is 4.59. The summed E-state index contributed by atoms with van der Waals surface area (Å²) in [4.78, 5) is 11.7. The summed E-state index contributed by atoms with van der Waals surface area (Å²) in [6, 6.07) is 9.23. The van der Waals surface area contributed by atoms with E-state index in [0.29, 0.717) is 16.1 Å². The first-order chi connectivity index (χ1) is 9.06. The Bertz CT molecular complexity index is 641. The standard InChI is InChI=1S/C14H9Cl2FO2/c1-19-14(18)12-8(4-3-7-11(12)17)9-5-2-6-10(15)13(9)16/h2-7H,1H3. The minimum absolute atomic E-state index is 0.158. The van der Waals surface area contributed by atoms with E-state index in [1.165, 1.54) is 19.2 Å². The van der Waals surface area contributed by atoms with E-state index >= 15 is 0 Å². The van der Waals surface area contributed by atoms with Crippen molar-refractivity contribution in [3.8, 4) is 11.1 Å². The lowest BCUT2D eigenvalue weighted by atomic mass is 9.99. The Balaban J connectivity index is 2.72. The molecule has 2 aromatic carbocycles. The van der Waals surface area contributed by atoms with E-state index in [4.69, 9.17) is 23.2 Å². The molecule has 0 unspecified atom stereocenters. The van der Waals surface area contributed by atoms with Crippen LogP contribution in [0.3, 0.4) is 0 Å². The Kier molecular flexibility index (Phi) is 4.08. The van der Waals surface area contributed by atoms with Crippen molar-refractivity contribution < 1.29 is 13.9 Å². The highest BCUT2D eigenvalue weighted by Crippen LogP contribution is 2.36. The molecule has 0 aliphatic carbocycles. The van der Waals surface area contributed by atoms with Gasteiger partial charge in [0.25, 0.3) is 0 Å². The molecule has 0 spiro atoms. The van der Waals surface area contributed by atoms with Crippen molar-refractivity contribution in [3.05, 3.63) is 57.8 Å². The Hall–Kier alpha value is -1.58. The van der Waals surface area contributed by atoms with Crippen molar-refractivity contribution in [1.29, 1.82) is 0 Å². The average Bonchev–Trinajstić information content (AvgIpc) is 2.41. The summed E-state index contributed by atoms with van der Waals surface area (Å²) in [5.41, 5.74) is 0.669. The van der Waals surface area contributed by atoms with Gasteiger partial charge in [0, 0.05) is 11.1 Å². The van der Waals surface area contributed by atoms with Crippen LogP contribution in [-0.4, -0.2) is 13.1 Å². The van der Waals surface area contributed by atoms with Crippen LogP contribution in [0.1, 0.15) is 10.4 Å². The number of hydrogen-bond acceptors (Lipinski definition) is 2. The molecule has 0 bridgehead atoms.